The molecule has 1 rings (SSSR count). The van der Waals surface area contributed by atoms with Crippen LogP contribution in [0, 0.1) is 11.3 Å². The van der Waals surface area contributed by atoms with Crippen LogP contribution in [-0.4, -0.2) is 31.5 Å². The topological polar surface area (TPSA) is 38.3 Å². The number of halogens is 1. The zero-order valence-corrected chi connectivity index (χ0v) is 11.0. The van der Waals surface area contributed by atoms with E-state index in [-0.39, 0.29) is 5.91 Å². The molecule has 1 aliphatic carbocycles. The van der Waals surface area contributed by atoms with Crippen molar-refractivity contribution in [2.45, 2.75) is 33.1 Å². The second-order valence-electron chi connectivity index (χ2n) is 5.15. The van der Waals surface area contributed by atoms with E-state index in [2.05, 4.69) is 5.32 Å². The molecule has 0 saturated heterocycles. The van der Waals surface area contributed by atoms with Gasteiger partial charge in [-0.25, -0.2) is 0 Å². The summed E-state index contributed by atoms with van der Waals surface area (Å²) in [6.07, 6.45) is 3.51. The van der Waals surface area contributed by atoms with Gasteiger partial charge in [-0.15, -0.1) is 11.6 Å². The van der Waals surface area contributed by atoms with Gasteiger partial charge in [0.2, 0.25) is 5.91 Å². The van der Waals surface area contributed by atoms with Crippen LogP contribution in [0.15, 0.2) is 0 Å². The van der Waals surface area contributed by atoms with Crippen molar-refractivity contribution >= 4 is 17.5 Å². The van der Waals surface area contributed by atoms with E-state index < -0.39 is 5.41 Å². The number of carbonyl (C=O) groups is 1. The van der Waals surface area contributed by atoms with Crippen LogP contribution in [0.4, 0.5) is 0 Å². The highest BCUT2D eigenvalue weighted by Crippen LogP contribution is 2.28. The number of hydrogen-bond acceptors (Lipinski definition) is 2. The van der Waals surface area contributed by atoms with Crippen molar-refractivity contribution < 1.29 is 9.53 Å². The minimum Gasteiger partial charge on any atom is -0.381 e. The lowest BCUT2D eigenvalue weighted by Crippen LogP contribution is -2.38. The standard InChI is InChI=1S/C12H22ClNO2/c1-12(2,9-13)11(15)14-6-3-7-16-8-10-4-5-10/h10H,3-9H2,1-2H3,(H,14,15). The van der Waals surface area contributed by atoms with Crippen LogP contribution in [0.5, 0.6) is 0 Å². The molecule has 1 amide bonds. The van der Waals surface area contributed by atoms with E-state index in [4.69, 9.17) is 16.3 Å². The molecule has 1 aliphatic rings. The van der Waals surface area contributed by atoms with Crippen molar-refractivity contribution in [3.63, 3.8) is 0 Å². The van der Waals surface area contributed by atoms with Gasteiger partial charge in [-0.3, -0.25) is 4.79 Å². The first-order valence-electron chi connectivity index (χ1n) is 5.98. The fraction of sp³-hybridized carbons (Fsp3) is 0.917. The summed E-state index contributed by atoms with van der Waals surface area (Å²) >= 11 is 5.71. The van der Waals surface area contributed by atoms with Gasteiger partial charge in [0, 0.05) is 25.6 Å². The van der Waals surface area contributed by atoms with Crippen LogP contribution in [0.25, 0.3) is 0 Å². The number of nitrogens with one attached hydrogen (secondary N) is 1. The summed E-state index contributed by atoms with van der Waals surface area (Å²) in [5.41, 5.74) is -0.476. The van der Waals surface area contributed by atoms with Gasteiger partial charge in [0.05, 0.1) is 5.41 Å². The normalized spacial score (nSPS) is 16.2. The average molecular weight is 248 g/mol. The van der Waals surface area contributed by atoms with Gasteiger partial charge in [-0.1, -0.05) is 0 Å². The number of rotatable bonds is 8. The van der Waals surface area contributed by atoms with Gasteiger partial charge in [0.25, 0.3) is 0 Å². The number of ether oxygens (including phenoxy) is 1. The number of amides is 1. The third-order valence-corrected chi connectivity index (χ3v) is 3.42. The summed E-state index contributed by atoms with van der Waals surface area (Å²) < 4.78 is 5.47. The van der Waals surface area contributed by atoms with Gasteiger partial charge >= 0.3 is 0 Å². The van der Waals surface area contributed by atoms with Crippen LogP contribution in [0.3, 0.4) is 0 Å². The summed E-state index contributed by atoms with van der Waals surface area (Å²) in [4.78, 5) is 11.6. The van der Waals surface area contributed by atoms with Crippen molar-refractivity contribution in [1.29, 1.82) is 0 Å². The molecule has 0 atom stereocenters. The monoisotopic (exact) mass is 247 g/mol. The zero-order valence-electron chi connectivity index (χ0n) is 10.2. The minimum atomic E-state index is -0.476. The summed E-state index contributed by atoms with van der Waals surface area (Å²) in [6.45, 7) is 5.99. The Labute approximate surface area is 103 Å². The summed E-state index contributed by atoms with van der Waals surface area (Å²) in [6, 6.07) is 0. The van der Waals surface area contributed by atoms with Crippen LogP contribution < -0.4 is 5.32 Å². The molecule has 4 heteroatoms. The van der Waals surface area contributed by atoms with Gasteiger partial charge in [0.1, 0.15) is 0 Å². The molecule has 0 spiro atoms. The maximum atomic E-state index is 11.6. The molecule has 1 saturated carbocycles. The quantitative estimate of drug-likeness (QED) is 0.528. The second kappa shape index (κ2) is 6.45. The van der Waals surface area contributed by atoms with Gasteiger partial charge < -0.3 is 10.1 Å². The molecule has 0 heterocycles. The Hall–Kier alpha value is -0.280. The molecule has 0 aliphatic heterocycles. The second-order valence-corrected chi connectivity index (χ2v) is 5.41. The van der Waals surface area contributed by atoms with Crippen LogP contribution >= 0.6 is 11.6 Å². The molecule has 16 heavy (non-hydrogen) atoms. The highest BCUT2D eigenvalue weighted by atomic mass is 35.5. The highest BCUT2D eigenvalue weighted by Gasteiger charge is 2.25. The van der Waals surface area contributed by atoms with Crippen molar-refractivity contribution in [1.82, 2.24) is 5.32 Å². The molecule has 0 aromatic heterocycles. The fourth-order valence-electron chi connectivity index (χ4n) is 1.21. The Bertz CT molecular complexity index is 227. The van der Waals surface area contributed by atoms with E-state index in [1.807, 2.05) is 13.8 Å². The molecule has 0 aromatic carbocycles. The van der Waals surface area contributed by atoms with Crippen molar-refractivity contribution in [2.24, 2.45) is 11.3 Å². The van der Waals surface area contributed by atoms with Gasteiger partial charge in [0.15, 0.2) is 0 Å². The Balaban J connectivity index is 1.95. The van der Waals surface area contributed by atoms with E-state index >= 15 is 0 Å². The van der Waals surface area contributed by atoms with Crippen molar-refractivity contribution in [3.8, 4) is 0 Å². The van der Waals surface area contributed by atoms with Gasteiger partial charge in [-0.05, 0) is 39.0 Å². The SMILES string of the molecule is CC(C)(CCl)C(=O)NCCCOCC1CC1. The Kier molecular flexibility index (Phi) is 5.56. The predicted molar refractivity (Wildman–Crippen MR) is 65.7 cm³/mol. The Morgan fingerprint density at radius 3 is 2.75 bits per heavy atom. The summed E-state index contributed by atoms with van der Waals surface area (Å²) in [5.74, 6) is 1.17. The maximum Gasteiger partial charge on any atom is 0.226 e. The first-order valence-corrected chi connectivity index (χ1v) is 6.52. The van der Waals surface area contributed by atoms with Crippen molar-refractivity contribution in [2.75, 3.05) is 25.6 Å². The molecule has 1 N–H and O–H groups in total. The molecular weight excluding hydrogens is 226 g/mol. The number of alkyl halides is 1. The minimum absolute atomic E-state index is 0.0182. The molecule has 0 aromatic rings. The largest absolute Gasteiger partial charge is 0.381 e. The Morgan fingerprint density at radius 2 is 2.19 bits per heavy atom. The molecule has 0 bridgehead atoms. The van der Waals surface area contributed by atoms with Gasteiger partial charge in [-0.2, -0.15) is 0 Å². The lowest BCUT2D eigenvalue weighted by atomic mass is 9.95. The van der Waals surface area contributed by atoms with E-state index in [1.54, 1.807) is 0 Å². The molecule has 0 radical (unpaired) electrons. The van der Waals surface area contributed by atoms with E-state index in [0.717, 1.165) is 25.6 Å². The van der Waals surface area contributed by atoms with Crippen LogP contribution in [0.1, 0.15) is 33.1 Å². The number of carbonyl (C=O) groups excluding carboxylic acids is 1. The highest BCUT2D eigenvalue weighted by molar-refractivity contribution is 6.19. The zero-order chi connectivity index (χ0) is 12.0. The molecule has 1 fully saturated rings. The smallest absolute Gasteiger partial charge is 0.226 e. The fourth-order valence-corrected chi connectivity index (χ4v) is 1.33. The molecular formula is C12H22ClNO2. The summed E-state index contributed by atoms with van der Waals surface area (Å²) in [5, 5.41) is 2.87. The first kappa shape index (κ1) is 13.8. The third-order valence-electron chi connectivity index (χ3n) is 2.75. The molecule has 0 unspecified atom stereocenters. The lowest BCUT2D eigenvalue weighted by molar-refractivity contribution is -0.128. The van der Waals surface area contributed by atoms with Crippen LogP contribution in [0.2, 0.25) is 0 Å². The van der Waals surface area contributed by atoms with E-state index in [9.17, 15) is 4.79 Å². The average Bonchev–Trinajstić information content (AvgIpc) is 3.06. The first-order chi connectivity index (χ1) is 7.56. The van der Waals surface area contributed by atoms with Crippen molar-refractivity contribution in [3.05, 3.63) is 0 Å². The third kappa shape index (κ3) is 5.17. The van der Waals surface area contributed by atoms with Crippen LogP contribution in [-0.2, 0) is 9.53 Å². The van der Waals surface area contributed by atoms with E-state index in [0.29, 0.717) is 12.4 Å². The molecule has 3 nitrogen and oxygen atoms in total. The van der Waals surface area contributed by atoms with E-state index in [1.165, 1.54) is 12.8 Å². The maximum absolute atomic E-state index is 11.6. The summed E-state index contributed by atoms with van der Waals surface area (Å²) in [7, 11) is 0. The predicted octanol–water partition coefficient (Wildman–Crippen LogP) is 2.18. The lowest BCUT2D eigenvalue weighted by Gasteiger charge is -2.20. The molecule has 94 valence electrons. The Morgan fingerprint density at radius 1 is 1.50 bits per heavy atom. The number of hydrogen-bond donors (Lipinski definition) is 1.